The summed E-state index contributed by atoms with van der Waals surface area (Å²) in [5, 5.41) is 81.3. The van der Waals surface area contributed by atoms with E-state index in [-0.39, 0.29) is 70.5 Å². The second kappa shape index (κ2) is 51.0. The van der Waals surface area contributed by atoms with E-state index < -0.39 is 81.1 Å². The number of fused-ring (bicyclic) bond motifs is 3. The monoisotopic (exact) mass is 1960 g/mol. The molecule has 9 aliphatic carbocycles. The number of hydrogen-bond acceptors (Lipinski definition) is 15. The standard InChI is InChI=1S/C55H106O5Si4.2C31H50O5/c1-25-55(26-2,60-64(23,24)53(13,14)15)37-28-27-30-42(3)45-34-35-46-44(31-29-36-54(45,46)16)33-32-43-40-47(58-62(19,20)51(7,8)9)49(48(41-43)59-63(21,22)52(10,11)12)56-38-39-57-61(17,18)50(4,5)6;2*1-5-31(35,6-2)17-8-7-10-22(3)25-14-15-26-24(11-9-16-30(25,26)4)13-12-23-20-27(33)29(28(34)21-23)36-19-18-32/h27-28,30,32-33,37,42,45-49H,25-26,29,31,34-36,38-41H2,1-24H3;2*7-8,10,12-13,17,22,25-29,32-35H,5-6,9,11,14-16,18-21H2,1-4H3/b30-27+,37-28+,43-32?,44-33+;2*10-7+,17-8+,23-12?,24-13+/t42-,45?,46?,47-,48-,49?,54?;2*22-,25?,26?,27-,28-,29?,30?/m111/s1. The Morgan fingerprint density at radius 2 is 0.654 bits per heavy atom. The minimum atomic E-state index is -2.14. The summed E-state index contributed by atoms with van der Waals surface area (Å²) in [4.78, 5) is 0. The van der Waals surface area contributed by atoms with E-state index in [1.165, 1.54) is 100 Å². The van der Waals surface area contributed by atoms with E-state index >= 15 is 0 Å². The third-order valence-electron chi connectivity index (χ3n) is 37.4. The van der Waals surface area contributed by atoms with Crippen LogP contribution in [-0.4, -0.2) is 186 Å². The summed E-state index contributed by atoms with van der Waals surface area (Å²) in [5.74, 6) is 5.27. The van der Waals surface area contributed by atoms with Gasteiger partial charge >= 0.3 is 0 Å². The summed E-state index contributed by atoms with van der Waals surface area (Å²) in [6.45, 7) is 75.7. The van der Waals surface area contributed by atoms with Crippen molar-refractivity contribution >= 4 is 33.3 Å². The van der Waals surface area contributed by atoms with Crippen molar-refractivity contribution in [1.82, 2.24) is 0 Å². The molecule has 136 heavy (non-hydrogen) atoms. The van der Waals surface area contributed by atoms with Crippen molar-refractivity contribution in [2.75, 3.05) is 39.6 Å². The normalized spacial score (nSPS) is 31.8. The first kappa shape index (κ1) is 120. The van der Waals surface area contributed by atoms with Crippen LogP contribution in [0.25, 0.3) is 0 Å². The van der Waals surface area contributed by atoms with Gasteiger partial charge in [-0.25, -0.2) is 0 Å². The number of ether oxygens (including phenoxy) is 3. The molecule has 9 aliphatic rings. The van der Waals surface area contributed by atoms with Crippen LogP contribution in [0.4, 0.5) is 0 Å². The van der Waals surface area contributed by atoms with E-state index in [4.69, 9.17) is 42.1 Å². The molecule has 0 aliphatic heterocycles. The van der Waals surface area contributed by atoms with E-state index in [2.05, 4.69) is 276 Å². The average Bonchev–Trinajstić information content (AvgIpc) is 1.57. The van der Waals surface area contributed by atoms with Crippen molar-refractivity contribution in [3.8, 4) is 0 Å². The van der Waals surface area contributed by atoms with Crippen LogP contribution in [0.3, 0.4) is 0 Å². The van der Waals surface area contributed by atoms with Crippen molar-refractivity contribution < 1.29 is 72.8 Å². The second-order valence-electron chi connectivity index (χ2n) is 50.4. The molecule has 0 bridgehead atoms. The lowest BCUT2D eigenvalue weighted by Gasteiger charge is -2.48. The zero-order chi connectivity index (χ0) is 102. The smallest absolute Gasteiger partial charge is 0.193 e. The summed E-state index contributed by atoms with van der Waals surface area (Å²) in [6.07, 6.45) is 63.0. The molecule has 780 valence electrons. The number of aliphatic hydroxyl groups is 8. The van der Waals surface area contributed by atoms with Gasteiger partial charge in [-0.05, 0) is 315 Å². The van der Waals surface area contributed by atoms with Gasteiger partial charge in [-0.2, -0.15) is 0 Å². The molecule has 9 rings (SSSR count). The molecule has 0 aromatic heterocycles. The zero-order valence-corrected chi connectivity index (χ0v) is 96.6. The maximum absolute atomic E-state index is 10.5. The third kappa shape index (κ3) is 31.4. The van der Waals surface area contributed by atoms with Gasteiger partial charge in [0, 0.05) is 0 Å². The van der Waals surface area contributed by atoms with Crippen LogP contribution in [0.15, 0.2) is 143 Å². The molecule has 9 saturated carbocycles. The van der Waals surface area contributed by atoms with Crippen LogP contribution in [0.1, 0.15) is 340 Å². The molecule has 0 heterocycles. The summed E-state index contributed by atoms with van der Waals surface area (Å²) in [5.41, 5.74) is 7.60. The first-order valence-electron chi connectivity index (χ1n) is 54.4. The first-order chi connectivity index (χ1) is 63.2. The fraction of sp³-hybridized carbons (Fsp3) is 0.795. The highest BCUT2D eigenvalue weighted by Gasteiger charge is 2.56. The van der Waals surface area contributed by atoms with Crippen LogP contribution in [0.2, 0.25) is 72.5 Å². The van der Waals surface area contributed by atoms with Gasteiger partial charge in [-0.1, -0.05) is 309 Å². The van der Waals surface area contributed by atoms with E-state index in [9.17, 15) is 30.6 Å². The Morgan fingerprint density at radius 3 is 0.941 bits per heavy atom. The van der Waals surface area contributed by atoms with Crippen molar-refractivity contribution in [1.29, 1.82) is 0 Å². The number of hydrogen-bond donors (Lipinski definition) is 8. The highest BCUT2D eigenvalue weighted by Crippen LogP contribution is 2.63. The topological polar surface area (TPSA) is 226 Å². The Bertz CT molecular complexity index is 3850. The Morgan fingerprint density at radius 1 is 0.360 bits per heavy atom. The van der Waals surface area contributed by atoms with E-state index in [1.54, 1.807) is 5.57 Å². The number of rotatable bonds is 38. The van der Waals surface area contributed by atoms with E-state index in [0.29, 0.717) is 108 Å². The first-order valence-corrected chi connectivity index (χ1v) is 66.0. The molecule has 9 fully saturated rings. The van der Waals surface area contributed by atoms with Gasteiger partial charge in [0.2, 0.25) is 0 Å². The molecule has 0 spiro atoms. The van der Waals surface area contributed by atoms with Crippen molar-refractivity contribution in [2.24, 2.45) is 69.5 Å². The van der Waals surface area contributed by atoms with Gasteiger partial charge in [0.15, 0.2) is 33.3 Å². The maximum Gasteiger partial charge on any atom is 0.193 e. The molecule has 19 heteroatoms. The molecule has 0 saturated heterocycles. The van der Waals surface area contributed by atoms with E-state index in [0.717, 1.165) is 75.4 Å². The molecule has 0 radical (unpaired) electrons. The summed E-state index contributed by atoms with van der Waals surface area (Å²) < 4.78 is 46.5. The Balaban J connectivity index is 0.000000298. The zero-order valence-electron chi connectivity index (χ0n) is 92.6. The SMILES string of the molecule is CCC(/C=C/C=C/[C@@H](C)C1CCC2/C(=C/C=C3C[C@@H](O[Si](C)(C)C(C)(C)C)C(OCCO[Si](C)(C)C(C)(C)C)[C@H](O[Si](C)(C)C(C)(C)C)C3)CCCC21C)(CC)O[Si](C)(C)C(C)(C)C.CCC(O)(/C=C/C=C/[C@@H](C)C1CCC2/C(=C/C=C3C[C@@H](O)C(OCCO)[C@H](O)C3)CCCC21C)CC.CCC(O)(/C=C/C=C/[C@@H](C)C1CCC2/C(=C/C=C3C[C@@H](O)C(OCCO)[C@H](O)C3)CCCC21C)CC. The van der Waals surface area contributed by atoms with Crippen LogP contribution >= 0.6 is 0 Å². The second-order valence-corrected chi connectivity index (χ2v) is 69.5. The van der Waals surface area contributed by atoms with Gasteiger partial charge in [-0.15, -0.1) is 0 Å². The largest absolute Gasteiger partial charge is 0.414 e. The van der Waals surface area contributed by atoms with Crippen LogP contribution < -0.4 is 0 Å². The van der Waals surface area contributed by atoms with Crippen molar-refractivity contribution in [2.45, 2.75) is 484 Å². The van der Waals surface area contributed by atoms with Crippen LogP contribution in [0, 0.1) is 69.5 Å². The van der Waals surface area contributed by atoms with E-state index in [1.807, 2.05) is 52.0 Å². The summed E-state index contributed by atoms with van der Waals surface area (Å²) >= 11 is 0. The third-order valence-corrected chi connectivity index (χ3v) is 55.4. The molecule has 9 unspecified atom stereocenters. The molecule has 18 atom stereocenters. The Hall–Kier alpha value is -2.85. The highest BCUT2D eigenvalue weighted by molar-refractivity contribution is 6.75. The molecule has 8 N–H and O–H groups in total. The minimum absolute atomic E-state index is 0.0606. The fourth-order valence-electron chi connectivity index (χ4n) is 24.0. The van der Waals surface area contributed by atoms with Crippen molar-refractivity contribution in [3.63, 3.8) is 0 Å². The van der Waals surface area contributed by atoms with Gasteiger partial charge < -0.3 is 72.8 Å². The lowest BCUT2D eigenvalue weighted by molar-refractivity contribution is -0.115. The van der Waals surface area contributed by atoms with Gasteiger partial charge in [0.1, 0.15) is 18.3 Å². The molecular weight excluding hydrogens is 1760 g/mol. The molecule has 0 aromatic carbocycles. The Kier molecular flexibility index (Phi) is 45.0. The summed E-state index contributed by atoms with van der Waals surface area (Å²) in [6, 6.07) is 0. The van der Waals surface area contributed by atoms with Gasteiger partial charge in [0.25, 0.3) is 0 Å². The minimum Gasteiger partial charge on any atom is -0.414 e. The van der Waals surface area contributed by atoms with Crippen LogP contribution in [0.5, 0.6) is 0 Å². The molecule has 15 nitrogen and oxygen atoms in total. The number of allylic oxidation sites excluding steroid dienone is 18. The predicted octanol–water partition coefficient (Wildman–Crippen LogP) is 27.9. The average molecular weight is 1970 g/mol. The van der Waals surface area contributed by atoms with Gasteiger partial charge in [-0.3, -0.25) is 0 Å². The van der Waals surface area contributed by atoms with Crippen molar-refractivity contribution in [3.05, 3.63) is 143 Å². The summed E-state index contributed by atoms with van der Waals surface area (Å²) in [7, 11) is -8.08. The quantitative estimate of drug-likeness (QED) is 0.0163. The maximum atomic E-state index is 10.5. The lowest BCUT2D eigenvalue weighted by Crippen LogP contribution is -2.56. The van der Waals surface area contributed by atoms with Gasteiger partial charge in [0.05, 0.1) is 93.1 Å². The molecule has 0 aromatic rings. The highest BCUT2D eigenvalue weighted by atomic mass is 28.4. The van der Waals surface area contributed by atoms with Crippen LogP contribution in [-0.2, 0) is 31.9 Å². The predicted molar refractivity (Wildman–Crippen MR) is 580 cm³/mol. The lowest BCUT2D eigenvalue weighted by atomic mass is 9.61. The fourth-order valence-corrected chi connectivity index (χ4v) is 29.3. The number of aliphatic hydroxyl groups excluding tert-OH is 6. The Labute approximate surface area is 836 Å². The molecule has 0 amide bonds. The molecular formula is C117H206O15Si4.